The molecule has 0 aromatic heterocycles. The molecule has 0 spiro atoms. The minimum absolute atomic E-state index is 0.0238. The van der Waals surface area contributed by atoms with E-state index in [1.165, 1.54) is 0 Å². The van der Waals surface area contributed by atoms with Crippen LogP contribution >= 0.6 is 0 Å². The molecule has 4 rings (SSSR count). The van der Waals surface area contributed by atoms with Crippen LogP contribution in [0.2, 0.25) is 0 Å². The van der Waals surface area contributed by atoms with Gasteiger partial charge in [-0.05, 0) is 76.6 Å². The van der Waals surface area contributed by atoms with Gasteiger partial charge < -0.3 is 30.5 Å². The van der Waals surface area contributed by atoms with Gasteiger partial charge in [-0.25, -0.2) is 4.79 Å². The molecule has 38 heavy (non-hydrogen) atoms. The number of hydrogen-bond acceptors (Lipinski definition) is 5. The number of para-hydroxylation sites is 2. The molecule has 1 aliphatic carbocycles. The number of carbonyl (C=O) groups excluding carboxylic acids is 1. The molecule has 8 heteroatoms. The zero-order chi connectivity index (χ0) is 27.1. The first-order valence-corrected chi connectivity index (χ1v) is 13.8. The van der Waals surface area contributed by atoms with Crippen LogP contribution in [-0.2, 0) is 10.4 Å². The molecule has 2 amide bonds. The van der Waals surface area contributed by atoms with Crippen LogP contribution in [0.3, 0.4) is 0 Å². The van der Waals surface area contributed by atoms with Gasteiger partial charge >= 0.3 is 6.09 Å². The first kappa shape index (κ1) is 27.9. The van der Waals surface area contributed by atoms with Crippen LogP contribution in [0.1, 0.15) is 56.1 Å². The molecule has 0 radical (unpaired) electrons. The van der Waals surface area contributed by atoms with Gasteiger partial charge in [-0.2, -0.15) is 0 Å². The Kier molecular flexibility index (Phi) is 9.28. The zero-order valence-corrected chi connectivity index (χ0v) is 22.5. The van der Waals surface area contributed by atoms with Crippen molar-refractivity contribution >= 4 is 12.0 Å². The van der Waals surface area contributed by atoms with Crippen LogP contribution in [0.15, 0.2) is 48.5 Å². The van der Waals surface area contributed by atoms with Crippen molar-refractivity contribution in [3.63, 3.8) is 0 Å². The van der Waals surface area contributed by atoms with E-state index < -0.39 is 11.7 Å². The standard InChI is InChI=1S/C30H41N3O5/c1-21-9-3-5-12-26(21)38-27-13-6-4-11-25(27)30(37,16-8-17-32-29(35)36)23-10-7-18-33(20-23)28(34)22-14-15-24(19-22)31-2/h3-6,9,11-13,22-24,31-32,37H,7-8,10,14-20H2,1-2H3,(H,35,36). The van der Waals surface area contributed by atoms with Crippen molar-refractivity contribution < 1.29 is 24.5 Å². The van der Waals surface area contributed by atoms with Crippen molar-refractivity contribution in [2.45, 2.75) is 63.5 Å². The molecular formula is C30H41N3O5. The molecule has 2 aliphatic rings. The van der Waals surface area contributed by atoms with E-state index in [0.717, 1.165) is 43.4 Å². The smallest absolute Gasteiger partial charge is 0.404 e. The molecule has 4 N–H and O–H groups in total. The molecular weight excluding hydrogens is 482 g/mol. The highest BCUT2D eigenvalue weighted by Gasteiger charge is 2.44. The fourth-order valence-corrected chi connectivity index (χ4v) is 6.11. The average molecular weight is 524 g/mol. The molecule has 1 aliphatic heterocycles. The number of nitrogens with zero attached hydrogens (tertiary/aromatic N) is 1. The zero-order valence-electron chi connectivity index (χ0n) is 22.5. The third kappa shape index (κ3) is 6.48. The molecule has 2 aromatic rings. The van der Waals surface area contributed by atoms with Crippen LogP contribution in [0.4, 0.5) is 4.79 Å². The Hall–Kier alpha value is -3.10. The second-order valence-corrected chi connectivity index (χ2v) is 10.7. The monoisotopic (exact) mass is 523 g/mol. The van der Waals surface area contributed by atoms with Crippen molar-refractivity contribution in [2.75, 3.05) is 26.7 Å². The van der Waals surface area contributed by atoms with Gasteiger partial charge in [-0.15, -0.1) is 0 Å². The Morgan fingerprint density at radius 3 is 2.53 bits per heavy atom. The average Bonchev–Trinajstić information content (AvgIpc) is 3.42. The van der Waals surface area contributed by atoms with Crippen molar-refractivity contribution in [2.24, 2.45) is 11.8 Å². The number of amides is 2. The first-order valence-electron chi connectivity index (χ1n) is 13.8. The van der Waals surface area contributed by atoms with Gasteiger partial charge in [0.25, 0.3) is 0 Å². The molecule has 1 saturated carbocycles. The quantitative estimate of drug-likeness (QED) is 0.338. The molecule has 2 aromatic carbocycles. The van der Waals surface area contributed by atoms with E-state index in [1.54, 1.807) is 0 Å². The summed E-state index contributed by atoms with van der Waals surface area (Å²) in [5, 5.41) is 27.2. The number of likely N-dealkylation sites (tertiary alicyclic amines) is 1. The number of aryl methyl sites for hydroxylation is 1. The lowest BCUT2D eigenvalue weighted by Crippen LogP contribution is -2.49. The van der Waals surface area contributed by atoms with Crippen LogP contribution in [-0.4, -0.2) is 59.8 Å². The number of piperidine rings is 1. The summed E-state index contributed by atoms with van der Waals surface area (Å²) in [5.74, 6) is 1.30. The van der Waals surface area contributed by atoms with Crippen LogP contribution < -0.4 is 15.4 Å². The molecule has 1 saturated heterocycles. The van der Waals surface area contributed by atoms with E-state index in [4.69, 9.17) is 9.84 Å². The van der Waals surface area contributed by atoms with Crippen molar-refractivity contribution in [3.8, 4) is 11.5 Å². The third-order valence-electron chi connectivity index (χ3n) is 8.28. The summed E-state index contributed by atoms with van der Waals surface area (Å²) in [6.07, 6.45) is 4.07. The molecule has 8 nitrogen and oxygen atoms in total. The topological polar surface area (TPSA) is 111 Å². The second-order valence-electron chi connectivity index (χ2n) is 10.7. The highest BCUT2D eigenvalue weighted by Crippen LogP contribution is 2.44. The van der Waals surface area contributed by atoms with E-state index in [9.17, 15) is 14.7 Å². The number of ether oxygens (including phenoxy) is 1. The lowest BCUT2D eigenvalue weighted by molar-refractivity contribution is -0.141. The second kappa shape index (κ2) is 12.6. The van der Waals surface area contributed by atoms with Gasteiger partial charge in [0, 0.05) is 43.1 Å². The maximum absolute atomic E-state index is 13.5. The Bertz CT molecular complexity index is 1110. The number of benzene rings is 2. The van der Waals surface area contributed by atoms with Gasteiger partial charge in [0.1, 0.15) is 11.5 Å². The molecule has 0 bridgehead atoms. The highest BCUT2D eigenvalue weighted by molar-refractivity contribution is 5.79. The molecule has 206 valence electrons. The van der Waals surface area contributed by atoms with Gasteiger partial charge in [0.15, 0.2) is 0 Å². The number of nitrogens with one attached hydrogen (secondary N) is 2. The minimum atomic E-state index is -1.29. The van der Waals surface area contributed by atoms with E-state index in [-0.39, 0.29) is 24.3 Å². The largest absolute Gasteiger partial charge is 0.465 e. The van der Waals surface area contributed by atoms with Gasteiger partial charge in [-0.3, -0.25) is 4.79 Å². The van der Waals surface area contributed by atoms with Gasteiger partial charge in [-0.1, -0.05) is 36.4 Å². The highest BCUT2D eigenvalue weighted by atomic mass is 16.5. The summed E-state index contributed by atoms with van der Waals surface area (Å²) < 4.78 is 6.34. The summed E-state index contributed by atoms with van der Waals surface area (Å²) >= 11 is 0. The maximum Gasteiger partial charge on any atom is 0.404 e. The van der Waals surface area contributed by atoms with Crippen LogP contribution in [0.25, 0.3) is 0 Å². The normalized spacial score (nSPS) is 23.0. The number of hydrogen-bond donors (Lipinski definition) is 4. The predicted molar refractivity (Wildman–Crippen MR) is 146 cm³/mol. The minimum Gasteiger partial charge on any atom is -0.465 e. The summed E-state index contributed by atoms with van der Waals surface area (Å²) in [6, 6.07) is 15.7. The third-order valence-corrected chi connectivity index (χ3v) is 8.28. The SMILES string of the molecule is CNC1CCC(C(=O)N2CCCC(C(O)(CCCNC(=O)O)c3ccccc3Oc3ccccc3C)C2)C1. The summed E-state index contributed by atoms with van der Waals surface area (Å²) in [6.45, 7) is 3.39. The van der Waals surface area contributed by atoms with E-state index in [2.05, 4.69) is 10.6 Å². The Morgan fingerprint density at radius 1 is 1.08 bits per heavy atom. The van der Waals surface area contributed by atoms with E-state index in [0.29, 0.717) is 43.3 Å². The Morgan fingerprint density at radius 2 is 1.82 bits per heavy atom. The van der Waals surface area contributed by atoms with Crippen LogP contribution in [0.5, 0.6) is 11.5 Å². The number of aliphatic hydroxyl groups is 1. The Balaban J connectivity index is 1.60. The number of carboxylic acid groups (broad SMARTS) is 1. The number of rotatable bonds is 10. The van der Waals surface area contributed by atoms with Gasteiger partial charge in [0.05, 0.1) is 5.60 Å². The fraction of sp³-hybridized carbons (Fsp3) is 0.533. The lowest BCUT2D eigenvalue weighted by Gasteiger charge is -2.44. The number of carbonyl (C=O) groups is 2. The fourth-order valence-electron chi connectivity index (χ4n) is 6.11. The molecule has 1 heterocycles. The van der Waals surface area contributed by atoms with Crippen molar-refractivity contribution in [1.82, 2.24) is 15.5 Å². The van der Waals surface area contributed by atoms with Crippen molar-refractivity contribution in [1.29, 1.82) is 0 Å². The lowest BCUT2D eigenvalue weighted by atomic mass is 9.73. The van der Waals surface area contributed by atoms with Gasteiger partial charge in [0.2, 0.25) is 5.91 Å². The van der Waals surface area contributed by atoms with E-state index >= 15 is 0 Å². The van der Waals surface area contributed by atoms with Crippen LogP contribution in [0, 0.1) is 18.8 Å². The predicted octanol–water partition coefficient (Wildman–Crippen LogP) is 4.65. The van der Waals surface area contributed by atoms with Crippen molar-refractivity contribution in [3.05, 3.63) is 59.7 Å². The maximum atomic E-state index is 13.5. The Labute approximate surface area is 225 Å². The summed E-state index contributed by atoms with van der Waals surface area (Å²) in [5.41, 5.74) is 0.373. The molecule has 4 unspecified atom stereocenters. The molecule has 4 atom stereocenters. The van der Waals surface area contributed by atoms with E-state index in [1.807, 2.05) is 67.4 Å². The summed E-state index contributed by atoms with van der Waals surface area (Å²) in [4.78, 5) is 26.4. The first-order chi connectivity index (χ1) is 18.3. The summed E-state index contributed by atoms with van der Waals surface area (Å²) in [7, 11) is 1.95. The molecule has 2 fully saturated rings.